The lowest BCUT2D eigenvalue weighted by Crippen LogP contribution is -2.02. The summed E-state index contributed by atoms with van der Waals surface area (Å²) >= 11 is 0. The van der Waals surface area contributed by atoms with Gasteiger partial charge >= 0.3 is 0 Å². The highest BCUT2D eigenvalue weighted by Gasteiger charge is 1.88. The summed E-state index contributed by atoms with van der Waals surface area (Å²) < 4.78 is 0. The van der Waals surface area contributed by atoms with Crippen LogP contribution in [0.2, 0.25) is 0 Å². The molecule has 0 aliphatic rings. The van der Waals surface area contributed by atoms with E-state index in [2.05, 4.69) is 24.9 Å². The number of allylic oxidation sites excluding steroid dienone is 1. The van der Waals surface area contributed by atoms with E-state index in [4.69, 9.17) is 0 Å². The Morgan fingerprint density at radius 1 is 1.00 bits per heavy atom. The predicted molar refractivity (Wildman–Crippen MR) is 69.9 cm³/mol. The predicted octanol–water partition coefficient (Wildman–Crippen LogP) is 4.42. The topological polar surface area (TPSA) is 12.0 Å². The zero-order chi connectivity index (χ0) is 11.2. The van der Waals surface area contributed by atoms with Crippen molar-refractivity contribution in [3.8, 4) is 0 Å². The first-order valence-electron chi connectivity index (χ1n) is 6.41. The molecule has 0 aliphatic heterocycles. The molecule has 15 heavy (non-hydrogen) atoms. The van der Waals surface area contributed by atoms with Gasteiger partial charge in [0.05, 0.1) is 0 Å². The van der Waals surface area contributed by atoms with Crippen LogP contribution in [0, 0.1) is 0 Å². The quantitative estimate of drug-likeness (QED) is 0.392. The number of hydrogen-bond acceptors (Lipinski definition) is 1. The molecule has 1 N–H and O–H groups in total. The smallest absolute Gasteiger partial charge is 0.0322 e. The lowest BCUT2D eigenvalue weighted by Gasteiger charge is -1.99. The summed E-state index contributed by atoms with van der Waals surface area (Å²) in [5.74, 6) is 0. The Morgan fingerprint density at radius 2 is 1.67 bits per heavy atom. The summed E-state index contributed by atoms with van der Waals surface area (Å²) in [7, 11) is 0. The van der Waals surface area contributed by atoms with Gasteiger partial charge in [-0.25, -0.2) is 0 Å². The first-order chi connectivity index (χ1) is 7.41. The second-order valence-corrected chi connectivity index (χ2v) is 4.01. The van der Waals surface area contributed by atoms with Gasteiger partial charge in [-0.1, -0.05) is 57.6 Å². The Kier molecular flexibility index (Phi) is 12.6. The normalized spacial score (nSPS) is 10.7. The number of hydrogen-bond donors (Lipinski definition) is 1. The summed E-state index contributed by atoms with van der Waals surface area (Å²) in [4.78, 5) is 0. The van der Waals surface area contributed by atoms with Crippen LogP contribution in [0.4, 0.5) is 0 Å². The molecule has 0 aromatic carbocycles. The SMILES string of the molecule is C=CCNC=CCCCCCCCCC. The molecule has 0 atom stereocenters. The van der Waals surface area contributed by atoms with Crippen molar-refractivity contribution in [2.75, 3.05) is 6.54 Å². The van der Waals surface area contributed by atoms with Crippen molar-refractivity contribution in [1.29, 1.82) is 0 Å². The number of nitrogens with one attached hydrogen (secondary N) is 1. The maximum absolute atomic E-state index is 3.65. The molecule has 0 aromatic rings. The molecule has 0 aliphatic carbocycles. The molecule has 0 radical (unpaired) electrons. The summed E-state index contributed by atoms with van der Waals surface area (Å²) in [6.07, 6.45) is 17.1. The number of rotatable bonds is 11. The van der Waals surface area contributed by atoms with E-state index in [9.17, 15) is 0 Å². The van der Waals surface area contributed by atoms with Crippen LogP contribution in [-0.4, -0.2) is 6.54 Å². The van der Waals surface area contributed by atoms with Gasteiger partial charge in [0.2, 0.25) is 0 Å². The largest absolute Gasteiger partial charge is 0.388 e. The summed E-state index contributed by atoms with van der Waals surface area (Å²) in [6, 6.07) is 0. The third-order valence-corrected chi connectivity index (χ3v) is 2.47. The van der Waals surface area contributed by atoms with Crippen molar-refractivity contribution in [2.24, 2.45) is 0 Å². The molecule has 0 fully saturated rings. The van der Waals surface area contributed by atoms with Crippen LogP contribution in [0.15, 0.2) is 24.9 Å². The highest BCUT2D eigenvalue weighted by atomic mass is 14.8. The molecule has 88 valence electrons. The Balaban J connectivity index is 2.97. The van der Waals surface area contributed by atoms with Gasteiger partial charge in [-0.2, -0.15) is 0 Å². The highest BCUT2D eigenvalue weighted by molar-refractivity contribution is 4.82. The standard InChI is InChI=1S/C14H27N/c1-3-5-6-7-8-9-10-11-12-14-15-13-4-2/h4,12,14-15H,2-3,5-11,13H2,1H3. The molecule has 0 saturated heterocycles. The first kappa shape index (κ1) is 14.3. The van der Waals surface area contributed by atoms with Gasteiger partial charge in [-0.05, 0) is 19.0 Å². The van der Waals surface area contributed by atoms with Crippen LogP contribution in [0.3, 0.4) is 0 Å². The van der Waals surface area contributed by atoms with E-state index in [1.165, 1.54) is 51.4 Å². The molecule has 1 nitrogen and oxygen atoms in total. The first-order valence-corrected chi connectivity index (χ1v) is 6.41. The molecule has 0 heterocycles. The molecule has 0 bridgehead atoms. The zero-order valence-corrected chi connectivity index (χ0v) is 10.3. The van der Waals surface area contributed by atoms with Gasteiger partial charge in [0.25, 0.3) is 0 Å². The van der Waals surface area contributed by atoms with E-state index in [1.54, 1.807) is 0 Å². The minimum absolute atomic E-state index is 0.869. The molecule has 0 unspecified atom stereocenters. The van der Waals surface area contributed by atoms with E-state index < -0.39 is 0 Å². The van der Waals surface area contributed by atoms with E-state index in [0.717, 1.165) is 6.54 Å². The van der Waals surface area contributed by atoms with Gasteiger partial charge in [0.15, 0.2) is 0 Å². The van der Waals surface area contributed by atoms with E-state index in [1.807, 2.05) is 12.3 Å². The van der Waals surface area contributed by atoms with Gasteiger partial charge in [0, 0.05) is 6.54 Å². The number of unbranched alkanes of at least 4 members (excludes halogenated alkanes) is 7. The fourth-order valence-electron chi connectivity index (χ4n) is 1.54. The van der Waals surface area contributed by atoms with Crippen molar-refractivity contribution in [3.63, 3.8) is 0 Å². The van der Waals surface area contributed by atoms with Gasteiger partial charge in [0.1, 0.15) is 0 Å². The van der Waals surface area contributed by atoms with Gasteiger partial charge in [-0.3, -0.25) is 0 Å². The van der Waals surface area contributed by atoms with Crippen molar-refractivity contribution < 1.29 is 0 Å². The monoisotopic (exact) mass is 209 g/mol. The molecule has 0 saturated carbocycles. The lowest BCUT2D eigenvalue weighted by molar-refractivity contribution is 0.592. The van der Waals surface area contributed by atoms with Crippen LogP contribution in [0.5, 0.6) is 0 Å². The lowest BCUT2D eigenvalue weighted by atomic mass is 10.1. The van der Waals surface area contributed by atoms with E-state index in [0.29, 0.717) is 0 Å². The highest BCUT2D eigenvalue weighted by Crippen LogP contribution is 2.08. The van der Waals surface area contributed by atoms with Crippen LogP contribution in [0.1, 0.15) is 58.3 Å². The summed E-state index contributed by atoms with van der Waals surface area (Å²) in [6.45, 7) is 6.78. The van der Waals surface area contributed by atoms with Gasteiger partial charge in [-0.15, -0.1) is 6.58 Å². The van der Waals surface area contributed by atoms with Crippen molar-refractivity contribution in [2.45, 2.75) is 58.3 Å². The minimum Gasteiger partial charge on any atom is -0.388 e. The Bertz CT molecular complexity index is 149. The minimum atomic E-state index is 0.869. The van der Waals surface area contributed by atoms with Crippen molar-refractivity contribution in [3.05, 3.63) is 24.9 Å². The maximum Gasteiger partial charge on any atom is 0.0322 e. The average molecular weight is 209 g/mol. The third kappa shape index (κ3) is 13.3. The Morgan fingerprint density at radius 3 is 2.33 bits per heavy atom. The Hall–Kier alpha value is -0.720. The molecule has 0 spiro atoms. The molecule has 1 heteroatoms. The molecule has 0 rings (SSSR count). The fraction of sp³-hybridized carbons (Fsp3) is 0.714. The van der Waals surface area contributed by atoms with Crippen LogP contribution >= 0.6 is 0 Å². The van der Waals surface area contributed by atoms with E-state index >= 15 is 0 Å². The second-order valence-electron chi connectivity index (χ2n) is 4.01. The Labute approximate surface area is 95.7 Å². The fourth-order valence-corrected chi connectivity index (χ4v) is 1.54. The van der Waals surface area contributed by atoms with Crippen LogP contribution in [-0.2, 0) is 0 Å². The summed E-state index contributed by atoms with van der Waals surface area (Å²) in [5.41, 5.74) is 0. The van der Waals surface area contributed by atoms with Crippen LogP contribution in [0.25, 0.3) is 0 Å². The average Bonchev–Trinajstić information content (AvgIpc) is 2.26. The second kappa shape index (κ2) is 13.3. The van der Waals surface area contributed by atoms with Crippen LogP contribution < -0.4 is 5.32 Å². The summed E-state index contributed by atoms with van der Waals surface area (Å²) in [5, 5.41) is 3.16. The van der Waals surface area contributed by atoms with E-state index in [-0.39, 0.29) is 0 Å². The molecule has 0 aromatic heterocycles. The van der Waals surface area contributed by atoms with Gasteiger partial charge < -0.3 is 5.32 Å². The van der Waals surface area contributed by atoms with Crippen molar-refractivity contribution >= 4 is 0 Å². The zero-order valence-electron chi connectivity index (χ0n) is 10.3. The molecular weight excluding hydrogens is 182 g/mol. The third-order valence-electron chi connectivity index (χ3n) is 2.47. The van der Waals surface area contributed by atoms with Crippen molar-refractivity contribution in [1.82, 2.24) is 5.32 Å². The maximum atomic E-state index is 3.65. The molecular formula is C14H27N. The molecule has 0 amide bonds.